The highest BCUT2D eigenvalue weighted by Gasteiger charge is 2.36. The molecule has 0 aliphatic heterocycles. The van der Waals surface area contributed by atoms with Crippen molar-refractivity contribution in [2.24, 2.45) is 17.8 Å². The van der Waals surface area contributed by atoms with Crippen molar-refractivity contribution in [3.8, 4) is 0 Å². The van der Waals surface area contributed by atoms with Crippen LogP contribution in [0.15, 0.2) is 12.1 Å². The lowest BCUT2D eigenvalue weighted by Crippen LogP contribution is -2.34. The summed E-state index contributed by atoms with van der Waals surface area (Å²) in [6, 6.07) is 4.34. The second kappa shape index (κ2) is 11.3. The van der Waals surface area contributed by atoms with Crippen LogP contribution in [-0.2, 0) is 17.6 Å². The van der Waals surface area contributed by atoms with E-state index in [0.717, 1.165) is 36.8 Å². The molecule has 3 aliphatic rings. The van der Waals surface area contributed by atoms with Crippen molar-refractivity contribution in [2.75, 3.05) is 6.61 Å². The van der Waals surface area contributed by atoms with Gasteiger partial charge in [0.15, 0.2) is 0 Å². The van der Waals surface area contributed by atoms with Gasteiger partial charge in [0.2, 0.25) is 0 Å². The molecule has 1 aromatic rings. The van der Waals surface area contributed by atoms with Crippen molar-refractivity contribution in [1.82, 2.24) is 0 Å². The maximum Gasteiger partial charge on any atom is 0.126 e. The minimum absolute atomic E-state index is 0.0999. The molecular weight excluding hydrogens is 383 g/mol. The third-order valence-corrected chi connectivity index (χ3v) is 8.73. The van der Waals surface area contributed by atoms with Gasteiger partial charge in [-0.2, -0.15) is 0 Å². The first-order valence-electron chi connectivity index (χ1n) is 13.6. The Balaban J connectivity index is 1.34. The molecule has 3 aliphatic carbocycles. The predicted molar refractivity (Wildman–Crippen MR) is 128 cm³/mol. The second-order valence-electron chi connectivity index (χ2n) is 10.9. The molecule has 1 nitrogen and oxygen atoms in total. The van der Waals surface area contributed by atoms with Gasteiger partial charge in [-0.3, -0.25) is 0 Å². The molecule has 0 amide bonds. The van der Waals surface area contributed by atoms with Crippen molar-refractivity contribution in [3.05, 3.63) is 34.6 Å². The predicted octanol–water partition coefficient (Wildman–Crippen LogP) is 8.38. The van der Waals surface area contributed by atoms with Gasteiger partial charge in [0, 0.05) is 6.61 Å². The fourth-order valence-electron chi connectivity index (χ4n) is 6.78. The summed E-state index contributed by atoms with van der Waals surface area (Å²) in [5.74, 6) is 3.03. The van der Waals surface area contributed by atoms with Crippen LogP contribution < -0.4 is 0 Å². The van der Waals surface area contributed by atoms with Crippen LogP contribution in [0.1, 0.15) is 120 Å². The zero-order valence-electron chi connectivity index (χ0n) is 20.1. The number of ether oxygens (including phenoxy) is 1. The van der Waals surface area contributed by atoms with Gasteiger partial charge in [0.1, 0.15) is 5.82 Å². The highest BCUT2D eigenvalue weighted by atomic mass is 19.1. The Morgan fingerprint density at radius 3 is 2.55 bits per heavy atom. The van der Waals surface area contributed by atoms with Crippen LogP contribution in [0.3, 0.4) is 0 Å². The zero-order chi connectivity index (χ0) is 21.6. The molecule has 2 heteroatoms. The number of rotatable bonds is 9. The summed E-state index contributed by atoms with van der Waals surface area (Å²) in [4.78, 5) is 0. The number of halogens is 1. The number of hydrogen-bond acceptors (Lipinski definition) is 1. The molecule has 4 rings (SSSR count). The summed E-state index contributed by atoms with van der Waals surface area (Å²) in [7, 11) is 0. The lowest BCUT2D eigenvalue weighted by atomic mass is 9.65. The van der Waals surface area contributed by atoms with Crippen LogP contribution in [0.2, 0.25) is 0 Å². The van der Waals surface area contributed by atoms with E-state index in [1.807, 2.05) is 6.07 Å². The van der Waals surface area contributed by atoms with Crippen LogP contribution in [0.25, 0.3) is 0 Å². The van der Waals surface area contributed by atoms with Gasteiger partial charge in [-0.1, -0.05) is 52.0 Å². The van der Waals surface area contributed by atoms with Crippen LogP contribution in [0.5, 0.6) is 0 Å². The molecule has 0 aromatic heterocycles. The fraction of sp³-hybridized carbons (Fsp3) is 0.793. The molecule has 0 spiro atoms. The maximum atomic E-state index is 15.2. The third-order valence-electron chi connectivity index (χ3n) is 8.73. The van der Waals surface area contributed by atoms with Crippen molar-refractivity contribution < 1.29 is 9.13 Å². The van der Waals surface area contributed by atoms with E-state index in [9.17, 15) is 0 Å². The first-order chi connectivity index (χ1) is 15.2. The van der Waals surface area contributed by atoms with Crippen LogP contribution in [0, 0.1) is 23.6 Å². The summed E-state index contributed by atoms with van der Waals surface area (Å²) < 4.78 is 21.3. The standard InChI is InChI=1S/C29H45FO/c1-3-5-7-8-21-9-10-25-18-26(20-29(30)28(25)16-21)23-11-12-24-19-27(31-15-6-4-2)14-13-22(24)17-23/h18,20-24,27H,3-17,19H2,1-2H3. The van der Waals surface area contributed by atoms with E-state index in [0.29, 0.717) is 17.9 Å². The average molecular weight is 429 g/mol. The number of hydrogen-bond donors (Lipinski definition) is 0. The van der Waals surface area contributed by atoms with Gasteiger partial charge in [0.05, 0.1) is 6.10 Å². The van der Waals surface area contributed by atoms with Crippen LogP contribution in [-0.4, -0.2) is 12.7 Å². The highest BCUT2D eigenvalue weighted by molar-refractivity contribution is 5.37. The first kappa shape index (κ1) is 23.3. The Morgan fingerprint density at radius 2 is 1.71 bits per heavy atom. The van der Waals surface area contributed by atoms with Gasteiger partial charge in [-0.25, -0.2) is 4.39 Å². The lowest BCUT2D eigenvalue weighted by Gasteiger charge is -2.42. The molecule has 0 N–H and O–H groups in total. The summed E-state index contributed by atoms with van der Waals surface area (Å²) in [6.07, 6.45) is 19.0. The minimum atomic E-state index is 0.0999. The summed E-state index contributed by atoms with van der Waals surface area (Å²) in [5.41, 5.74) is 3.69. The molecule has 0 bridgehead atoms. The Morgan fingerprint density at radius 1 is 0.903 bits per heavy atom. The highest BCUT2D eigenvalue weighted by Crippen LogP contribution is 2.47. The average Bonchev–Trinajstić information content (AvgIpc) is 2.79. The summed E-state index contributed by atoms with van der Waals surface area (Å²) in [5, 5.41) is 0. The Bertz CT molecular complexity index is 698. The molecule has 5 atom stereocenters. The molecule has 2 fully saturated rings. The van der Waals surface area contributed by atoms with E-state index in [-0.39, 0.29) is 5.82 Å². The molecular formula is C29H45FO. The Kier molecular flexibility index (Phi) is 8.49. The Labute approximate surface area is 190 Å². The summed E-state index contributed by atoms with van der Waals surface area (Å²) in [6.45, 7) is 5.43. The van der Waals surface area contributed by atoms with Crippen LogP contribution >= 0.6 is 0 Å². The van der Waals surface area contributed by atoms with Gasteiger partial charge in [-0.05, 0) is 111 Å². The van der Waals surface area contributed by atoms with Gasteiger partial charge in [0.25, 0.3) is 0 Å². The van der Waals surface area contributed by atoms with Gasteiger partial charge >= 0.3 is 0 Å². The topological polar surface area (TPSA) is 9.23 Å². The molecule has 0 heterocycles. The third kappa shape index (κ3) is 5.92. The SMILES string of the molecule is CCCCCC1CCc2cc(C3CCC4CC(OCCCC)CCC4C3)cc(F)c2C1. The quantitative estimate of drug-likeness (QED) is 0.359. The molecule has 0 saturated heterocycles. The van der Waals surface area contributed by atoms with E-state index in [2.05, 4.69) is 19.9 Å². The van der Waals surface area contributed by atoms with Crippen molar-refractivity contribution in [3.63, 3.8) is 0 Å². The molecule has 31 heavy (non-hydrogen) atoms. The number of aryl methyl sites for hydroxylation is 1. The molecule has 0 radical (unpaired) electrons. The zero-order valence-corrected chi connectivity index (χ0v) is 20.1. The number of fused-ring (bicyclic) bond motifs is 2. The van der Waals surface area contributed by atoms with Gasteiger partial charge in [-0.15, -0.1) is 0 Å². The monoisotopic (exact) mass is 428 g/mol. The number of benzene rings is 1. The summed E-state index contributed by atoms with van der Waals surface area (Å²) >= 11 is 0. The maximum absolute atomic E-state index is 15.2. The smallest absolute Gasteiger partial charge is 0.126 e. The Hall–Kier alpha value is -0.890. The lowest BCUT2D eigenvalue weighted by molar-refractivity contribution is -0.0159. The van der Waals surface area contributed by atoms with Crippen molar-refractivity contribution in [1.29, 1.82) is 0 Å². The molecule has 5 unspecified atom stereocenters. The van der Waals surface area contributed by atoms with Crippen molar-refractivity contribution >= 4 is 0 Å². The van der Waals surface area contributed by atoms with E-state index >= 15 is 4.39 Å². The minimum Gasteiger partial charge on any atom is -0.378 e. The largest absolute Gasteiger partial charge is 0.378 e. The molecule has 1 aromatic carbocycles. The second-order valence-corrected chi connectivity index (χ2v) is 10.9. The van der Waals surface area contributed by atoms with E-state index in [1.54, 1.807) is 0 Å². The van der Waals surface area contributed by atoms with Gasteiger partial charge < -0.3 is 4.74 Å². The van der Waals surface area contributed by atoms with E-state index < -0.39 is 0 Å². The number of unbranched alkanes of at least 4 members (excludes halogenated alkanes) is 3. The normalized spacial score (nSPS) is 30.6. The molecule has 174 valence electrons. The van der Waals surface area contributed by atoms with E-state index in [4.69, 9.17) is 4.74 Å². The molecule has 2 saturated carbocycles. The van der Waals surface area contributed by atoms with Crippen molar-refractivity contribution in [2.45, 2.75) is 122 Å². The van der Waals surface area contributed by atoms with E-state index in [1.165, 1.54) is 94.6 Å². The first-order valence-corrected chi connectivity index (χ1v) is 13.6. The fourth-order valence-corrected chi connectivity index (χ4v) is 6.78. The van der Waals surface area contributed by atoms with Crippen LogP contribution in [0.4, 0.5) is 4.39 Å².